The summed E-state index contributed by atoms with van der Waals surface area (Å²) in [6.45, 7) is 1.88. The fourth-order valence-electron chi connectivity index (χ4n) is 3.72. The van der Waals surface area contributed by atoms with Gasteiger partial charge in [-0.3, -0.25) is 0 Å². The van der Waals surface area contributed by atoms with Crippen LogP contribution in [0.25, 0.3) is 0 Å². The number of guanidine groups is 1. The van der Waals surface area contributed by atoms with E-state index in [4.69, 9.17) is 23.6 Å². The quantitative estimate of drug-likeness (QED) is 0.235. The van der Waals surface area contributed by atoms with E-state index in [1.54, 1.807) is 20.5 Å². The maximum absolute atomic E-state index is 5.80. The summed E-state index contributed by atoms with van der Waals surface area (Å²) in [6, 6.07) is 18.0. The lowest BCUT2D eigenvalue weighted by Gasteiger charge is -2.28. The van der Waals surface area contributed by atoms with E-state index in [1.807, 2.05) is 48.5 Å². The third kappa shape index (κ3) is 6.56. The molecule has 2 aromatic carbocycles. The lowest BCUT2D eigenvalue weighted by atomic mass is 10.0. The first-order chi connectivity index (χ1) is 15.8. The van der Waals surface area contributed by atoms with Gasteiger partial charge in [-0.2, -0.15) is 0 Å². The molecule has 176 valence electrons. The van der Waals surface area contributed by atoms with Gasteiger partial charge in [0, 0.05) is 24.9 Å². The maximum Gasteiger partial charge on any atom is 0.192 e. The number of aliphatic imine (C=N–C) groups is 1. The van der Waals surface area contributed by atoms with Gasteiger partial charge >= 0.3 is 0 Å². The molecule has 2 N–H and O–H groups in total. The number of fused-ring (bicyclic) bond motifs is 1. The maximum atomic E-state index is 5.80. The second-order valence-electron chi connectivity index (χ2n) is 7.48. The summed E-state index contributed by atoms with van der Waals surface area (Å²) >= 11 is 0. The fourth-order valence-corrected chi connectivity index (χ4v) is 3.72. The van der Waals surface area contributed by atoms with Crippen molar-refractivity contribution in [2.75, 3.05) is 27.4 Å². The number of methoxy groups -OCH3 is 2. The van der Waals surface area contributed by atoms with Crippen molar-refractivity contribution in [3.63, 3.8) is 0 Å². The van der Waals surface area contributed by atoms with Gasteiger partial charge < -0.3 is 29.3 Å². The van der Waals surface area contributed by atoms with Crippen molar-refractivity contribution in [3.8, 4) is 17.2 Å². The Labute approximate surface area is 211 Å². The number of ether oxygens (including phenoxy) is 3. The van der Waals surface area contributed by atoms with Crippen molar-refractivity contribution in [2.45, 2.75) is 25.4 Å². The topological polar surface area (TPSA) is 77.2 Å². The smallest absolute Gasteiger partial charge is 0.192 e. The zero-order valence-electron chi connectivity index (χ0n) is 18.9. The number of hydrogen-bond acceptors (Lipinski definition) is 5. The third-order valence-electron chi connectivity index (χ3n) is 5.38. The van der Waals surface area contributed by atoms with Crippen LogP contribution in [0.15, 0.2) is 70.3 Å². The Hall–Kier alpha value is -2.88. The molecule has 0 saturated carbocycles. The minimum absolute atomic E-state index is 0. The van der Waals surface area contributed by atoms with E-state index in [2.05, 4.69) is 16.7 Å². The molecule has 2 heterocycles. The second-order valence-corrected chi connectivity index (χ2v) is 7.48. The molecule has 0 spiro atoms. The minimum Gasteiger partial charge on any atom is -0.493 e. The van der Waals surface area contributed by atoms with Crippen LogP contribution in [0, 0.1) is 0 Å². The first-order valence-corrected chi connectivity index (χ1v) is 10.8. The summed E-state index contributed by atoms with van der Waals surface area (Å²) in [5.74, 6) is 4.00. The molecule has 4 rings (SSSR count). The number of rotatable bonds is 8. The second kappa shape index (κ2) is 12.4. The Bertz CT molecular complexity index is 1040. The molecule has 0 radical (unpaired) electrons. The van der Waals surface area contributed by atoms with Gasteiger partial charge in [0.2, 0.25) is 0 Å². The fraction of sp³-hybridized carbons (Fsp3) is 0.320. The average molecular weight is 563 g/mol. The molecule has 1 aromatic heterocycles. The summed E-state index contributed by atoms with van der Waals surface area (Å²) in [7, 11) is 3.27. The highest BCUT2D eigenvalue weighted by Gasteiger charge is 2.22. The van der Waals surface area contributed by atoms with Crippen LogP contribution < -0.4 is 24.8 Å². The minimum atomic E-state index is 0. The lowest BCUT2D eigenvalue weighted by molar-refractivity contribution is 0.261. The number of nitrogens with one attached hydrogen (secondary N) is 2. The molecule has 1 aliphatic rings. The van der Waals surface area contributed by atoms with Crippen LogP contribution in [0.2, 0.25) is 0 Å². The zero-order chi connectivity index (χ0) is 22.2. The van der Waals surface area contributed by atoms with E-state index in [9.17, 15) is 0 Å². The van der Waals surface area contributed by atoms with E-state index >= 15 is 0 Å². The molecule has 1 unspecified atom stereocenters. The molecular weight excluding hydrogens is 533 g/mol. The molecule has 3 aromatic rings. The molecule has 0 saturated heterocycles. The SMILES string of the molecule is COc1ccc(CN=C(NCCc2ccco2)NC2CCOc3ccccc32)cc1OC.I. The monoisotopic (exact) mass is 563 g/mol. The van der Waals surface area contributed by atoms with Crippen molar-refractivity contribution in [1.82, 2.24) is 10.6 Å². The highest BCUT2D eigenvalue weighted by Crippen LogP contribution is 2.31. The largest absolute Gasteiger partial charge is 0.493 e. The number of hydrogen-bond donors (Lipinski definition) is 2. The van der Waals surface area contributed by atoms with Crippen molar-refractivity contribution in [3.05, 3.63) is 77.7 Å². The van der Waals surface area contributed by atoms with Crippen LogP contribution in [0.3, 0.4) is 0 Å². The Morgan fingerprint density at radius 3 is 2.70 bits per heavy atom. The van der Waals surface area contributed by atoms with Gasteiger partial charge in [0.1, 0.15) is 11.5 Å². The van der Waals surface area contributed by atoms with Crippen LogP contribution in [0.5, 0.6) is 17.2 Å². The molecule has 8 heteroatoms. The van der Waals surface area contributed by atoms with Gasteiger partial charge in [-0.25, -0.2) is 4.99 Å². The molecule has 33 heavy (non-hydrogen) atoms. The molecule has 0 aliphatic carbocycles. The summed E-state index contributed by atoms with van der Waals surface area (Å²) in [6.07, 6.45) is 3.33. The molecule has 0 bridgehead atoms. The number of para-hydroxylation sites is 1. The van der Waals surface area contributed by atoms with Crippen molar-refractivity contribution in [1.29, 1.82) is 0 Å². The van der Waals surface area contributed by atoms with Gasteiger partial charge in [0.15, 0.2) is 17.5 Å². The lowest BCUT2D eigenvalue weighted by Crippen LogP contribution is -2.41. The first-order valence-electron chi connectivity index (χ1n) is 10.8. The normalized spacial score (nSPS) is 15.0. The third-order valence-corrected chi connectivity index (χ3v) is 5.38. The first kappa shape index (κ1) is 24.8. The van der Waals surface area contributed by atoms with E-state index < -0.39 is 0 Å². The van der Waals surface area contributed by atoms with Crippen LogP contribution in [-0.4, -0.2) is 33.3 Å². The molecule has 1 aliphatic heterocycles. The molecular formula is C25H30IN3O4. The van der Waals surface area contributed by atoms with Crippen molar-refractivity contribution in [2.24, 2.45) is 4.99 Å². The number of benzene rings is 2. The number of furan rings is 1. The molecule has 0 fully saturated rings. The van der Waals surface area contributed by atoms with Gasteiger partial charge in [0.25, 0.3) is 0 Å². The van der Waals surface area contributed by atoms with E-state index in [0.29, 0.717) is 31.2 Å². The Morgan fingerprint density at radius 2 is 1.91 bits per heavy atom. The van der Waals surface area contributed by atoms with Crippen LogP contribution >= 0.6 is 24.0 Å². The van der Waals surface area contributed by atoms with Gasteiger partial charge in [-0.05, 0) is 35.9 Å². The highest BCUT2D eigenvalue weighted by molar-refractivity contribution is 14.0. The number of nitrogens with zero attached hydrogens (tertiary/aromatic N) is 1. The van der Waals surface area contributed by atoms with Crippen LogP contribution in [-0.2, 0) is 13.0 Å². The highest BCUT2D eigenvalue weighted by atomic mass is 127. The van der Waals surface area contributed by atoms with Crippen molar-refractivity contribution < 1.29 is 18.6 Å². The molecule has 1 atom stereocenters. The molecule has 0 amide bonds. The van der Waals surface area contributed by atoms with Gasteiger partial charge in [0.05, 0.1) is 39.7 Å². The van der Waals surface area contributed by atoms with Crippen LogP contribution in [0.4, 0.5) is 0 Å². The average Bonchev–Trinajstić information content (AvgIpc) is 3.36. The number of halogens is 1. The predicted octanol–water partition coefficient (Wildman–Crippen LogP) is 4.72. The predicted molar refractivity (Wildman–Crippen MR) is 139 cm³/mol. The summed E-state index contributed by atoms with van der Waals surface area (Å²) in [4.78, 5) is 4.84. The molecule has 7 nitrogen and oxygen atoms in total. The summed E-state index contributed by atoms with van der Waals surface area (Å²) < 4.78 is 22.0. The summed E-state index contributed by atoms with van der Waals surface area (Å²) in [5.41, 5.74) is 2.17. The zero-order valence-corrected chi connectivity index (χ0v) is 21.2. The standard InChI is InChI=1S/C25H29N3O4.HI/c1-29-23-10-9-18(16-24(23)30-2)17-27-25(26-13-11-19-6-5-14-31-19)28-21-12-15-32-22-8-4-3-7-20(21)22;/h3-10,14,16,21H,11-13,15,17H2,1-2H3,(H2,26,27,28);1H. The summed E-state index contributed by atoms with van der Waals surface area (Å²) in [5, 5.41) is 7.03. The van der Waals surface area contributed by atoms with E-state index in [1.165, 1.54) is 0 Å². The Kier molecular flexibility index (Phi) is 9.29. The van der Waals surface area contributed by atoms with Gasteiger partial charge in [-0.1, -0.05) is 24.3 Å². The van der Waals surface area contributed by atoms with E-state index in [0.717, 1.165) is 41.4 Å². The van der Waals surface area contributed by atoms with Crippen molar-refractivity contribution >= 4 is 29.9 Å². The van der Waals surface area contributed by atoms with Crippen LogP contribution in [0.1, 0.15) is 29.3 Å². The Morgan fingerprint density at radius 1 is 1.06 bits per heavy atom. The van der Waals surface area contributed by atoms with E-state index in [-0.39, 0.29) is 30.0 Å². The Balaban J connectivity index is 0.00000306. The van der Waals surface area contributed by atoms with Gasteiger partial charge in [-0.15, -0.1) is 24.0 Å².